The molecule has 0 aliphatic heterocycles. The van der Waals surface area contributed by atoms with Gasteiger partial charge in [0, 0.05) is 13.5 Å². The van der Waals surface area contributed by atoms with Crippen LogP contribution < -0.4 is 0 Å². The van der Waals surface area contributed by atoms with Crippen molar-refractivity contribution in [1.82, 2.24) is 4.90 Å². The van der Waals surface area contributed by atoms with E-state index >= 15 is 0 Å². The summed E-state index contributed by atoms with van der Waals surface area (Å²) in [6.07, 6.45) is -1.80. The maximum absolute atomic E-state index is 12.5. The number of benzene rings is 2. The van der Waals surface area contributed by atoms with E-state index in [9.17, 15) is 14.4 Å². The Hall–Kier alpha value is -3.35. The molecule has 0 aliphatic rings. The van der Waals surface area contributed by atoms with Crippen LogP contribution in [-0.2, 0) is 36.8 Å². The first kappa shape index (κ1) is 21.0. The van der Waals surface area contributed by atoms with Gasteiger partial charge in [-0.15, -0.1) is 0 Å². The Kier molecular flexibility index (Phi) is 8.02. The summed E-state index contributed by atoms with van der Waals surface area (Å²) >= 11 is 0. The van der Waals surface area contributed by atoms with Crippen LogP contribution in [-0.4, -0.2) is 49.7 Å². The number of hydrogen-bond acceptors (Lipinski definition) is 6. The number of carbonyl (C=O) groups excluding carboxylic acids is 3. The molecule has 0 fully saturated rings. The van der Waals surface area contributed by atoms with Crippen molar-refractivity contribution in [3.05, 3.63) is 71.8 Å². The van der Waals surface area contributed by atoms with Gasteiger partial charge in [0.1, 0.15) is 13.2 Å². The van der Waals surface area contributed by atoms with Gasteiger partial charge in [0.05, 0.1) is 7.11 Å². The van der Waals surface area contributed by atoms with Crippen LogP contribution in [0.1, 0.15) is 11.1 Å². The number of carbonyl (C=O) groups is 3. The third-order valence-electron chi connectivity index (χ3n) is 3.90. The fraction of sp³-hybridized carbons (Fsp3) is 0.286. The first-order chi connectivity index (χ1) is 13.5. The zero-order valence-corrected chi connectivity index (χ0v) is 15.9. The maximum Gasteiger partial charge on any atom is 0.410 e. The first-order valence-electron chi connectivity index (χ1n) is 8.72. The quantitative estimate of drug-likeness (QED) is 0.513. The third-order valence-corrected chi connectivity index (χ3v) is 3.90. The van der Waals surface area contributed by atoms with Gasteiger partial charge in [-0.2, -0.15) is 0 Å². The molecule has 0 unspecified atom stereocenters. The monoisotopic (exact) mass is 385 g/mol. The summed E-state index contributed by atoms with van der Waals surface area (Å²) in [5.74, 6) is -1.25. The Morgan fingerprint density at radius 1 is 0.929 bits per heavy atom. The molecule has 0 saturated heterocycles. The van der Waals surface area contributed by atoms with Crippen LogP contribution in [0, 0.1) is 0 Å². The Morgan fingerprint density at radius 2 is 1.50 bits per heavy atom. The van der Waals surface area contributed by atoms with Crippen molar-refractivity contribution < 1.29 is 28.6 Å². The van der Waals surface area contributed by atoms with Crippen LogP contribution in [0.25, 0.3) is 0 Å². The number of hydrogen-bond donors (Lipinski definition) is 0. The summed E-state index contributed by atoms with van der Waals surface area (Å²) in [6, 6.07) is 18.3. The molecule has 0 spiro atoms. The van der Waals surface area contributed by atoms with E-state index in [1.807, 2.05) is 60.7 Å². The molecular formula is C21H23NO6. The minimum atomic E-state index is -1.14. The van der Waals surface area contributed by atoms with Crippen LogP contribution >= 0.6 is 0 Å². The minimum Gasteiger partial charge on any atom is -0.468 e. The Balaban J connectivity index is 2.04. The Morgan fingerprint density at radius 3 is 2.07 bits per heavy atom. The van der Waals surface area contributed by atoms with Gasteiger partial charge in [-0.1, -0.05) is 60.7 Å². The van der Waals surface area contributed by atoms with Crippen molar-refractivity contribution in [2.75, 3.05) is 20.7 Å². The molecule has 0 heterocycles. The molecular weight excluding hydrogens is 362 g/mol. The smallest absolute Gasteiger partial charge is 0.410 e. The second kappa shape index (κ2) is 10.7. The lowest BCUT2D eigenvalue weighted by Crippen LogP contribution is -2.39. The summed E-state index contributed by atoms with van der Waals surface area (Å²) in [6.45, 7) is -0.215. The topological polar surface area (TPSA) is 82.1 Å². The first-order valence-corrected chi connectivity index (χ1v) is 8.72. The van der Waals surface area contributed by atoms with Crippen molar-refractivity contribution in [3.8, 4) is 0 Å². The molecule has 7 heteroatoms. The summed E-state index contributed by atoms with van der Waals surface area (Å²) < 4.78 is 15.2. The number of ether oxygens (including phenoxy) is 3. The van der Waals surface area contributed by atoms with E-state index in [1.165, 1.54) is 14.2 Å². The molecule has 7 nitrogen and oxygen atoms in total. The Labute approximate surface area is 163 Å². The fourth-order valence-electron chi connectivity index (χ4n) is 2.36. The van der Waals surface area contributed by atoms with Crippen LogP contribution in [0.4, 0.5) is 4.79 Å². The van der Waals surface area contributed by atoms with Crippen molar-refractivity contribution in [1.29, 1.82) is 0 Å². The maximum atomic E-state index is 12.5. The largest absolute Gasteiger partial charge is 0.468 e. The van der Waals surface area contributed by atoms with Crippen molar-refractivity contribution >= 4 is 18.0 Å². The molecule has 0 aromatic heterocycles. The van der Waals surface area contributed by atoms with Crippen LogP contribution in [0.3, 0.4) is 0 Å². The second-order valence-corrected chi connectivity index (χ2v) is 6.09. The number of nitrogens with zero attached hydrogens (tertiary/aromatic N) is 1. The summed E-state index contributed by atoms with van der Waals surface area (Å²) in [7, 11) is 2.61. The predicted molar refractivity (Wildman–Crippen MR) is 101 cm³/mol. The van der Waals surface area contributed by atoms with Crippen LogP contribution in [0.5, 0.6) is 0 Å². The van der Waals surface area contributed by atoms with Gasteiger partial charge in [-0.3, -0.25) is 4.79 Å². The number of amides is 1. The highest BCUT2D eigenvalue weighted by atomic mass is 16.6. The van der Waals surface area contributed by atoms with E-state index in [1.54, 1.807) is 0 Å². The number of methoxy groups -OCH3 is 1. The molecule has 2 aromatic rings. The average molecular weight is 385 g/mol. The predicted octanol–water partition coefficient (Wildman–Crippen LogP) is 2.58. The third kappa shape index (κ3) is 6.75. The summed E-state index contributed by atoms with van der Waals surface area (Å²) in [5, 5.41) is 0. The van der Waals surface area contributed by atoms with E-state index in [0.29, 0.717) is 0 Å². The molecule has 2 aromatic carbocycles. The van der Waals surface area contributed by atoms with Gasteiger partial charge in [0.15, 0.2) is 0 Å². The van der Waals surface area contributed by atoms with Gasteiger partial charge in [-0.05, 0) is 11.1 Å². The van der Waals surface area contributed by atoms with Crippen molar-refractivity contribution in [3.63, 3.8) is 0 Å². The molecule has 0 saturated carbocycles. The fourth-order valence-corrected chi connectivity index (χ4v) is 2.36. The van der Waals surface area contributed by atoms with Crippen LogP contribution in [0.2, 0.25) is 0 Å². The standard InChI is InChI=1S/C21H23NO6/c1-22(14-19(23)26-2)21(25)28-18(13-16-9-5-3-6-10-16)20(24)27-15-17-11-7-4-8-12-17/h3-12,18H,13-15H2,1-2H3/t18-/m0/s1. The summed E-state index contributed by atoms with van der Waals surface area (Å²) in [5.41, 5.74) is 1.64. The second-order valence-electron chi connectivity index (χ2n) is 6.09. The van der Waals surface area contributed by atoms with E-state index in [-0.39, 0.29) is 19.6 Å². The van der Waals surface area contributed by atoms with Gasteiger partial charge in [0.25, 0.3) is 0 Å². The van der Waals surface area contributed by atoms with Gasteiger partial charge >= 0.3 is 18.0 Å². The summed E-state index contributed by atoms with van der Waals surface area (Å²) in [4.78, 5) is 37.2. The average Bonchev–Trinajstić information content (AvgIpc) is 2.72. The van der Waals surface area contributed by atoms with Gasteiger partial charge in [-0.25, -0.2) is 9.59 Å². The molecule has 0 radical (unpaired) electrons. The molecule has 0 bridgehead atoms. The SMILES string of the molecule is COC(=O)CN(C)C(=O)O[C@@H](Cc1ccccc1)C(=O)OCc1ccccc1. The lowest BCUT2D eigenvalue weighted by atomic mass is 10.1. The molecule has 0 aliphatic carbocycles. The molecule has 28 heavy (non-hydrogen) atoms. The Bertz CT molecular complexity index is 778. The van der Waals surface area contributed by atoms with E-state index < -0.39 is 24.1 Å². The highest BCUT2D eigenvalue weighted by Crippen LogP contribution is 2.11. The molecule has 0 N–H and O–H groups in total. The normalized spacial score (nSPS) is 11.2. The highest BCUT2D eigenvalue weighted by Gasteiger charge is 2.27. The minimum absolute atomic E-state index is 0.0700. The lowest BCUT2D eigenvalue weighted by Gasteiger charge is -2.21. The molecule has 1 amide bonds. The van der Waals surface area contributed by atoms with E-state index in [0.717, 1.165) is 16.0 Å². The van der Waals surface area contributed by atoms with Crippen molar-refractivity contribution in [2.45, 2.75) is 19.1 Å². The number of rotatable bonds is 8. The van der Waals surface area contributed by atoms with Crippen LogP contribution in [0.15, 0.2) is 60.7 Å². The molecule has 148 valence electrons. The van der Waals surface area contributed by atoms with Gasteiger partial charge in [0.2, 0.25) is 6.10 Å². The highest BCUT2D eigenvalue weighted by molar-refractivity contribution is 5.81. The molecule has 1 atom stereocenters. The van der Waals surface area contributed by atoms with Crippen molar-refractivity contribution in [2.24, 2.45) is 0 Å². The van der Waals surface area contributed by atoms with E-state index in [4.69, 9.17) is 9.47 Å². The zero-order valence-electron chi connectivity index (χ0n) is 15.9. The van der Waals surface area contributed by atoms with E-state index in [2.05, 4.69) is 4.74 Å². The zero-order chi connectivity index (χ0) is 20.4. The lowest BCUT2D eigenvalue weighted by molar-refractivity contribution is -0.155. The number of esters is 2. The van der Waals surface area contributed by atoms with Gasteiger partial charge < -0.3 is 19.1 Å². The number of likely N-dealkylation sites (N-methyl/N-ethyl adjacent to an activating group) is 1. The molecule has 2 rings (SSSR count).